The van der Waals surface area contributed by atoms with Crippen LogP contribution in [0.2, 0.25) is 10.2 Å². The number of aromatic amines is 1. The number of carbonyl (C=O) groups excluding carboxylic acids is 1. The van der Waals surface area contributed by atoms with E-state index in [2.05, 4.69) is 25.6 Å². The van der Waals surface area contributed by atoms with Crippen LogP contribution in [0.25, 0.3) is 0 Å². The highest BCUT2D eigenvalue weighted by atomic mass is 35.5. The number of amides is 1. The van der Waals surface area contributed by atoms with E-state index < -0.39 is 23.3 Å². The predicted octanol–water partition coefficient (Wildman–Crippen LogP) is 4.06. The van der Waals surface area contributed by atoms with Crippen LogP contribution in [0, 0.1) is 0 Å². The molecule has 0 bridgehead atoms. The van der Waals surface area contributed by atoms with E-state index in [1.54, 1.807) is 24.3 Å². The zero-order chi connectivity index (χ0) is 21.3. The summed E-state index contributed by atoms with van der Waals surface area (Å²) in [5.74, 6) is -1.03. The van der Waals surface area contributed by atoms with Crippen molar-refractivity contribution in [2.75, 3.05) is 5.32 Å². The average Bonchev–Trinajstić information content (AvgIpc) is 3.14. The molecule has 0 aliphatic carbocycles. The molecule has 0 atom stereocenters. The van der Waals surface area contributed by atoms with Gasteiger partial charge in [-0.05, 0) is 18.2 Å². The van der Waals surface area contributed by atoms with Gasteiger partial charge in [0.05, 0.1) is 5.56 Å². The first-order chi connectivity index (χ1) is 13.6. The molecule has 2 aromatic heterocycles. The molecule has 13 heteroatoms. The number of nitrogens with one attached hydrogen (secondary N) is 2. The third-order valence-electron chi connectivity index (χ3n) is 3.68. The van der Waals surface area contributed by atoms with Crippen LogP contribution >= 0.6 is 23.2 Å². The number of aliphatic imine (C=N–C) groups is 1. The molecule has 4 N–H and O–H groups in total. The molecular formula is C16H12Cl2F3N7O. The fourth-order valence-electron chi connectivity index (χ4n) is 2.43. The van der Waals surface area contributed by atoms with E-state index in [1.807, 2.05) is 0 Å². The smallest absolute Gasteiger partial charge is 0.365 e. The molecule has 152 valence electrons. The second kappa shape index (κ2) is 7.76. The predicted molar refractivity (Wildman–Crippen MR) is 102 cm³/mol. The van der Waals surface area contributed by atoms with Crippen LogP contribution in [0.3, 0.4) is 0 Å². The van der Waals surface area contributed by atoms with Gasteiger partial charge in [-0.3, -0.25) is 14.6 Å². The van der Waals surface area contributed by atoms with E-state index >= 15 is 0 Å². The quantitative estimate of drug-likeness (QED) is 0.513. The minimum atomic E-state index is -4.75. The number of aromatic nitrogens is 4. The summed E-state index contributed by atoms with van der Waals surface area (Å²) < 4.78 is 40.3. The molecule has 0 unspecified atom stereocenters. The number of anilines is 2. The van der Waals surface area contributed by atoms with Crippen molar-refractivity contribution in [1.29, 1.82) is 0 Å². The number of nitrogens with zero attached hydrogens (tertiary/aromatic N) is 4. The maximum atomic E-state index is 13.1. The van der Waals surface area contributed by atoms with E-state index in [9.17, 15) is 18.0 Å². The van der Waals surface area contributed by atoms with Crippen molar-refractivity contribution >= 4 is 52.6 Å². The zero-order valence-electron chi connectivity index (χ0n) is 14.6. The van der Waals surface area contributed by atoms with Gasteiger partial charge in [-0.2, -0.15) is 23.4 Å². The first-order valence-electron chi connectivity index (χ1n) is 7.82. The van der Waals surface area contributed by atoms with Crippen LogP contribution in [0.4, 0.5) is 30.5 Å². The Bertz CT molecular complexity index is 1100. The van der Waals surface area contributed by atoms with Crippen molar-refractivity contribution in [3.8, 4) is 0 Å². The number of aryl methyl sites for hydroxylation is 1. The molecule has 0 saturated heterocycles. The number of alkyl halides is 3. The number of H-pyrrole nitrogens is 1. The second-order valence-electron chi connectivity index (χ2n) is 5.73. The van der Waals surface area contributed by atoms with E-state index in [0.29, 0.717) is 10.7 Å². The molecule has 3 aromatic rings. The third-order valence-corrected chi connectivity index (χ3v) is 4.37. The van der Waals surface area contributed by atoms with Crippen molar-refractivity contribution in [2.24, 2.45) is 17.8 Å². The van der Waals surface area contributed by atoms with E-state index in [1.165, 1.54) is 7.05 Å². The Labute approximate surface area is 171 Å². The molecule has 0 fully saturated rings. The first-order valence-corrected chi connectivity index (χ1v) is 8.58. The van der Waals surface area contributed by atoms with Gasteiger partial charge in [0.1, 0.15) is 16.5 Å². The van der Waals surface area contributed by atoms with Gasteiger partial charge >= 0.3 is 6.18 Å². The monoisotopic (exact) mass is 445 g/mol. The summed E-state index contributed by atoms with van der Waals surface area (Å²) in [6.45, 7) is 0. The van der Waals surface area contributed by atoms with Gasteiger partial charge < -0.3 is 11.1 Å². The average molecular weight is 446 g/mol. The third kappa shape index (κ3) is 4.35. The van der Waals surface area contributed by atoms with Gasteiger partial charge in [-0.15, -0.1) is 0 Å². The summed E-state index contributed by atoms with van der Waals surface area (Å²) >= 11 is 11.8. The summed E-state index contributed by atoms with van der Waals surface area (Å²) in [7, 11) is 1.26. The Morgan fingerprint density at radius 2 is 2.10 bits per heavy atom. The number of benzene rings is 1. The number of hydrogen-bond acceptors (Lipinski definition) is 5. The highest BCUT2D eigenvalue weighted by Gasteiger charge is 2.38. The molecule has 3 rings (SSSR count). The summed E-state index contributed by atoms with van der Waals surface area (Å²) in [5, 5.41) is 12.7. The lowest BCUT2D eigenvalue weighted by Gasteiger charge is -2.05. The minimum Gasteiger partial charge on any atom is -0.365 e. The fraction of sp³-hybridized carbons (Fsp3) is 0.125. The first kappa shape index (κ1) is 20.7. The van der Waals surface area contributed by atoms with Crippen LogP contribution < -0.4 is 11.1 Å². The molecule has 0 aliphatic rings. The van der Waals surface area contributed by atoms with Crippen LogP contribution in [0.15, 0.2) is 29.3 Å². The van der Waals surface area contributed by atoms with Gasteiger partial charge in [-0.1, -0.05) is 29.3 Å². The van der Waals surface area contributed by atoms with E-state index in [0.717, 1.165) is 10.9 Å². The molecule has 0 aliphatic heterocycles. The number of carbonyl (C=O) groups is 1. The minimum absolute atomic E-state index is 0.0974. The Kier molecular flexibility index (Phi) is 5.53. The lowest BCUT2D eigenvalue weighted by Crippen LogP contribution is -2.12. The Balaban J connectivity index is 1.99. The number of hydrogen-bond donors (Lipinski definition) is 3. The number of primary amides is 1. The zero-order valence-corrected chi connectivity index (χ0v) is 16.1. The largest absolute Gasteiger partial charge is 0.435 e. The van der Waals surface area contributed by atoms with Crippen LogP contribution in [0.5, 0.6) is 0 Å². The van der Waals surface area contributed by atoms with Gasteiger partial charge in [0.25, 0.3) is 5.91 Å². The van der Waals surface area contributed by atoms with Crippen LogP contribution in [-0.4, -0.2) is 32.1 Å². The van der Waals surface area contributed by atoms with Gasteiger partial charge in [0, 0.05) is 24.0 Å². The number of rotatable bonds is 5. The van der Waals surface area contributed by atoms with Gasteiger partial charge in [-0.25, -0.2) is 4.99 Å². The van der Waals surface area contributed by atoms with Crippen molar-refractivity contribution < 1.29 is 18.0 Å². The van der Waals surface area contributed by atoms with E-state index in [-0.39, 0.29) is 22.4 Å². The van der Waals surface area contributed by atoms with Crippen LogP contribution in [-0.2, 0) is 13.2 Å². The molecule has 1 aromatic carbocycles. The molecule has 2 heterocycles. The molecule has 8 nitrogen and oxygen atoms in total. The summed E-state index contributed by atoms with van der Waals surface area (Å²) in [5.41, 5.74) is 4.06. The van der Waals surface area contributed by atoms with Gasteiger partial charge in [0.15, 0.2) is 11.5 Å². The maximum Gasteiger partial charge on any atom is 0.435 e. The Morgan fingerprint density at radius 1 is 1.38 bits per heavy atom. The highest BCUT2D eigenvalue weighted by Crippen LogP contribution is 2.34. The van der Waals surface area contributed by atoms with Crippen molar-refractivity contribution in [3.05, 3.63) is 51.3 Å². The molecule has 1 amide bonds. The fourth-order valence-corrected chi connectivity index (χ4v) is 2.80. The molecule has 0 saturated carbocycles. The van der Waals surface area contributed by atoms with Crippen molar-refractivity contribution in [2.45, 2.75) is 6.18 Å². The van der Waals surface area contributed by atoms with Crippen LogP contribution in [0.1, 0.15) is 21.6 Å². The Morgan fingerprint density at radius 3 is 2.72 bits per heavy atom. The summed E-state index contributed by atoms with van der Waals surface area (Å²) in [6, 6.07) is 6.58. The Hall–Kier alpha value is -3.05. The highest BCUT2D eigenvalue weighted by molar-refractivity contribution is 6.32. The topological polar surface area (TPSA) is 114 Å². The lowest BCUT2D eigenvalue weighted by atomic mass is 10.2. The van der Waals surface area contributed by atoms with Crippen molar-refractivity contribution in [1.82, 2.24) is 20.0 Å². The summed E-state index contributed by atoms with van der Waals surface area (Å²) in [6.07, 6.45) is -3.92. The normalized spacial score (nSPS) is 11.9. The molecule has 29 heavy (non-hydrogen) atoms. The van der Waals surface area contributed by atoms with Gasteiger partial charge in [0.2, 0.25) is 0 Å². The van der Waals surface area contributed by atoms with E-state index in [4.69, 9.17) is 28.9 Å². The standard InChI is InChI=1S/C16H12Cl2F3N7O/c1-28-12(18)9(11(27-28)16(19,20)21)6-23-14-10(13(22)29)15(26-25-14)24-8-4-2-3-7(17)5-8/h2-6H,1H3,(H2,22,29)(H2,24,25,26). The second-order valence-corrected chi connectivity index (χ2v) is 6.52. The number of halogens is 5. The molecule has 0 radical (unpaired) electrons. The lowest BCUT2D eigenvalue weighted by molar-refractivity contribution is -0.141. The maximum absolute atomic E-state index is 13.1. The SMILES string of the molecule is Cn1nc(C(F)(F)F)c(C=Nc2n[nH]c(Nc3cccc(Cl)c3)c2C(N)=O)c1Cl. The molecule has 0 spiro atoms. The molecular weight excluding hydrogens is 434 g/mol. The summed E-state index contributed by atoms with van der Waals surface area (Å²) in [4.78, 5) is 15.7. The number of nitrogens with two attached hydrogens (primary N) is 1. The van der Waals surface area contributed by atoms with Crippen molar-refractivity contribution in [3.63, 3.8) is 0 Å².